The van der Waals surface area contributed by atoms with Crippen molar-refractivity contribution in [3.05, 3.63) is 69.5 Å². The number of Topliss-reactive ketones (excluding diaryl/α,β-unsaturated/α-hetero) is 1. The second kappa shape index (κ2) is 8.47. The molecule has 0 radical (unpaired) electrons. The normalized spacial score (nSPS) is 16.5. The molecule has 0 N–H and O–H groups in total. The second-order valence-corrected chi connectivity index (χ2v) is 8.06. The predicted octanol–water partition coefficient (Wildman–Crippen LogP) is 4.20. The first-order valence-electron chi connectivity index (χ1n) is 9.14. The zero-order valence-corrected chi connectivity index (χ0v) is 16.7. The van der Waals surface area contributed by atoms with Gasteiger partial charge in [0.1, 0.15) is 0 Å². The highest BCUT2D eigenvalue weighted by atomic mass is 35.5. The lowest BCUT2D eigenvalue weighted by Crippen LogP contribution is -2.29. The Labute approximate surface area is 171 Å². The average Bonchev–Trinajstić information content (AvgIpc) is 3.22. The number of ketones is 1. The van der Waals surface area contributed by atoms with Gasteiger partial charge in [-0.3, -0.25) is 14.2 Å². The molecule has 3 aromatic rings. The summed E-state index contributed by atoms with van der Waals surface area (Å²) in [6, 6.07) is 14.2. The number of rotatable bonds is 6. The second-order valence-electron chi connectivity index (χ2n) is 6.68. The van der Waals surface area contributed by atoms with Crippen molar-refractivity contribution in [2.24, 2.45) is 0 Å². The third kappa shape index (κ3) is 4.14. The van der Waals surface area contributed by atoms with E-state index in [1.165, 1.54) is 11.8 Å². The number of benzene rings is 2. The molecule has 1 saturated heterocycles. The maximum atomic E-state index is 13.1. The van der Waals surface area contributed by atoms with Crippen LogP contribution in [0.5, 0.6) is 0 Å². The van der Waals surface area contributed by atoms with E-state index in [2.05, 4.69) is 4.98 Å². The standard InChI is InChI=1S/C21H19ClN2O3S/c22-15-8-9-17-18(11-15)23-21(24(20(17)26)12-16-7-4-10-27-16)28-13-19(25)14-5-2-1-3-6-14/h1-3,5-6,8-9,11,16H,4,7,10,12-13H2/t16-/m1/s1. The Kier molecular flexibility index (Phi) is 5.80. The number of carbonyl (C=O) groups excluding carboxylic acids is 1. The van der Waals surface area contributed by atoms with Crippen LogP contribution in [0.1, 0.15) is 23.2 Å². The van der Waals surface area contributed by atoms with Crippen molar-refractivity contribution in [2.45, 2.75) is 30.6 Å². The van der Waals surface area contributed by atoms with Crippen molar-refractivity contribution in [3.63, 3.8) is 0 Å². The summed E-state index contributed by atoms with van der Waals surface area (Å²) in [5.41, 5.74) is 1.05. The lowest BCUT2D eigenvalue weighted by molar-refractivity contribution is 0.0937. The lowest BCUT2D eigenvalue weighted by atomic mass is 10.2. The van der Waals surface area contributed by atoms with Gasteiger partial charge in [0.05, 0.1) is 29.3 Å². The van der Waals surface area contributed by atoms with E-state index >= 15 is 0 Å². The molecule has 28 heavy (non-hydrogen) atoms. The molecule has 1 aliphatic rings. The van der Waals surface area contributed by atoms with Gasteiger partial charge in [0, 0.05) is 17.2 Å². The van der Waals surface area contributed by atoms with Crippen LogP contribution in [-0.2, 0) is 11.3 Å². The molecule has 5 nitrogen and oxygen atoms in total. The molecule has 0 unspecified atom stereocenters. The lowest BCUT2D eigenvalue weighted by Gasteiger charge is -2.16. The minimum Gasteiger partial charge on any atom is -0.376 e. The summed E-state index contributed by atoms with van der Waals surface area (Å²) < 4.78 is 7.34. The van der Waals surface area contributed by atoms with E-state index in [1.807, 2.05) is 18.2 Å². The van der Waals surface area contributed by atoms with Crippen molar-refractivity contribution in [1.29, 1.82) is 0 Å². The van der Waals surface area contributed by atoms with Crippen LogP contribution in [0.25, 0.3) is 10.9 Å². The molecular weight excluding hydrogens is 396 g/mol. The highest BCUT2D eigenvalue weighted by molar-refractivity contribution is 7.99. The first-order valence-corrected chi connectivity index (χ1v) is 10.5. The van der Waals surface area contributed by atoms with Crippen molar-refractivity contribution in [2.75, 3.05) is 12.4 Å². The van der Waals surface area contributed by atoms with Gasteiger partial charge in [-0.1, -0.05) is 53.7 Å². The summed E-state index contributed by atoms with van der Waals surface area (Å²) in [6.45, 7) is 1.15. The molecule has 4 rings (SSSR count). The van der Waals surface area contributed by atoms with Crippen molar-refractivity contribution in [1.82, 2.24) is 9.55 Å². The van der Waals surface area contributed by atoms with Gasteiger partial charge < -0.3 is 4.74 Å². The van der Waals surface area contributed by atoms with Crippen LogP contribution in [0.2, 0.25) is 5.02 Å². The average molecular weight is 415 g/mol. The Morgan fingerprint density at radius 2 is 2.07 bits per heavy atom. The molecule has 2 aromatic carbocycles. The SMILES string of the molecule is O=C(CSc1nc2cc(Cl)ccc2c(=O)n1C[C@H]1CCCO1)c1ccccc1. The number of hydrogen-bond acceptors (Lipinski definition) is 5. The van der Waals surface area contributed by atoms with Gasteiger partial charge >= 0.3 is 0 Å². The molecule has 0 amide bonds. The van der Waals surface area contributed by atoms with E-state index in [0.29, 0.717) is 39.8 Å². The number of thioether (sulfide) groups is 1. The first kappa shape index (κ1) is 19.2. The molecule has 144 valence electrons. The number of ether oxygens (including phenoxy) is 1. The van der Waals surface area contributed by atoms with Crippen LogP contribution >= 0.6 is 23.4 Å². The van der Waals surface area contributed by atoms with Crippen LogP contribution in [0, 0.1) is 0 Å². The Hall–Kier alpha value is -2.15. The van der Waals surface area contributed by atoms with Gasteiger partial charge in [0.2, 0.25) is 0 Å². The van der Waals surface area contributed by atoms with Gasteiger partial charge in [-0.05, 0) is 31.0 Å². The number of fused-ring (bicyclic) bond motifs is 1. The highest BCUT2D eigenvalue weighted by Gasteiger charge is 2.21. The molecule has 0 spiro atoms. The van der Waals surface area contributed by atoms with Crippen LogP contribution in [0.4, 0.5) is 0 Å². The monoisotopic (exact) mass is 414 g/mol. The van der Waals surface area contributed by atoms with Gasteiger partial charge in [0.25, 0.3) is 5.56 Å². The van der Waals surface area contributed by atoms with E-state index in [-0.39, 0.29) is 23.2 Å². The minimum absolute atomic E-state index is 0.00490. The van der Waals surface area contributed by atoms with E-state index in [4.69, 9.17) is 16.3 Å². The Bertz CT molecular complexity index is 1060. The number of halogens is 1. The van der Waals surface area contributed by atoms with Gasteiger partial charge in [-0.2, -0.15) is 0 Å². The van der Waals surface area contributed by atoms with Crippen molar-refractivity contribution in [3.8, 4) is 0 Å². The minimum atomic E-state index is -0.133. The first-order chi connectivity index (χ1) is 13.6. The smallest absolute Gasteiger partial charge is 0.262 e. The summed E-state index contributed by atoms with van der Waals surface area (Å²) in [7, 11) is 0. The molecule has 0 saturated carbocycles. The molecular formula is C21H19ClN2O3S. The third-order valence-corrected chi connectivity index (χ3v) is 5.93. The van der Waals surface area contributed by atoms with Gasteiger partial charge in [-0.15, -0.1) is 0 Å². The third-order valence-electron chi connectivity index (χ3n) is 4.72. The number of hydrogen-bond donors (Lipinski definition) is 0. The maximum Gasteiger partial charge on any atom is 0.262 e. The summed E-state index contributed by atoms with van der Waals surface area (Å²) >= 11 is 7.35. The van der Waals surface area contributed by atoms with E-state index in [1.54, 1.807) is 34.9 Å². The topological polar surface area (TPSA) is 61.2 Å². The maximum absolute atomic E-state index is 13.1. The Morgan fingerprint density at radius 1 is 1.25 bits per heavy atom. The quantitative estimate of drug-likeness (QED) is 0.343. The van der Waals surface area contributed by atoms with E-state index in [9.17, 15) is 9.59 Å². The van der Waals surface area contributed by atoms with Crippen LogP contribution in [0.15, 0.2) is 58.5 Å². The summed E-state index contributed by atoms with van der Waals surface area (Å²) in [5.74, 6) is 0.198. The van der Waals surface area contributed by atoms with Crippen LogP contribution < -0.4 is 5.56 Å². The molecule has 1 atom stereocenters. The van der Waals surface area contributed by atoms with Crippen LogP contribution in [-0.4, -0.2) is 33.8 Å². The molecule has 2 heterocycles. The Morgan fingerprint density at radius 3 is 2.82 bits per heavy atom. The largest absolute Gasteiger partial charge is 0.376 e. The molecule has 1 aromatic heterocycles. The number of carbonyl (C=O) groups is 1. The predicted molar refractivity (Wildman–Crippen MR) is 111 cm³/mol. The fraction of sp³-hybridized carbons (Fsp3) is 0.286. The van der Waals surface area contributed by atoms with Gasteiger partial charge in [-0.25, -0.2) is 4.98 Å². The van der Waals surface area contributed by atoms with Crippen molar-refractivity contribution < 1.29 is 9.53 Å². The zero-order valence-electron chi connectivity index (χ0n) is 15.1. The van der Waals surface area contributed by atoms with Gasteiger partial charge in [0.15, 0.2) is 10.9 Å². The summed E-state index contributed by atoms with van der Waals surface area (Å²) in [5, 5.41) is 1.55. The van der Waals surface area contributed by atoms with Crippen LogP contribution in [0.3, 0.4) is 0 Å². The molecule has 7 heteroatoms. The fourth-order valence-corrected chi connectivity index (χ4v) is 4.34. The highest BCUT2D eigenvalue weighted by Crippen LogP contribution is 2.23. The number of nitrogens with zero attached hydrogens (tertiary/aromatic N) is 2. The van der Waals surface area contributed by atoms with Crippen molar-refractivity contribution >= 4 is 40.0 Å². The summed E-state index contributed by atoms with van der Waals surface area (Å²) in [4.78, 5) is 30.2. The molecule has 1 fully saturated rings. The number of aromatic nitrogens is 2. The van der Waals surface area contributed by atoms with E-state index < -0.39 is 0 Å². The molecule has 1 aliphatic heterocycles. The van der Waals surface area contributed by atoms with E-state index in [0.717, 1.165) is 12.8 Å². The fourth-order valence-electron chi connectivity index (χ4n) is 3.27. The molecule has 0 bridgehead atoms. The zero-order chi connectivity index (χ0) is 19.5. The Balaban J connectivity index is 1.67. The summed E-state index contributed by atoms with van der Waals surface area (Å²) in [6.07, 6.45) is 1.90. The molecule has 0 aliphatic carbocycles.